The fraction of sp³-hybridized carbons (Fsp3) is 0.600. The fourth-order valence-electron chi connectivity index (χ4n) is 4.02. The average Bonchev–Trinajstić information content (AvgIpc) is 3.42. The predicted molar refractivity (Wildman–Crippen MR) is 103 cm³/mol. The highest BCUT2D eigenvalue weighted by Gasteiger charge is 2.28. The van der Waals surface area contributed by atoms with Gasteiger partial charge in [0, 0.05) is 48.9 Å². The predicted octanol–water partition coefficient (Wildman–Crippen LogP) is 4.40. The van der Waals surface area contributed by atoms with Gasteiger partial charge in [-0.25, -0.2) is 4.98 Å². The molecule has 140 valence electrons. The van der Waals surface area contributed by atoms with Crippen LogP contribution < -0.4 is 0 Å². The molecule has 0 aromatic carbocycles. The SMILES string of the molecule is CC(C)n1ccnc1C1CCN(C(=O)c2ccc([C@H]3CCCO3)s2)CC1. The number of likely N-dealkylation sites (tertiary alicyclic amines) is 1. The lowest BCUT2D eigenvalue weighted by Crippen LogP contribution is -2.38. The molecular weight excluding hydrogens is 346 g/mol. The van der Waals surface area contributed by atoms with Crippen molar-refractivity contribution in [3.05, 3.63) is 40.1 Å². The summed E-state index contributed by atoms with van der Waals surface area (Å²) < 4.78 is 8.00. The van der Waals surface area contributed by atoms with Crippen LogP contribution in [0.15, 0.2) is 24.5 Å². The van der Waals surface area contributed by atoms with Gasteiger partial charge in [0.05, 0.1) is 11.0 Å². The number of piperidine rings is 1. The summed E-state index contributed by atoms with van der Waals surface area (Å²) >= 11 is 1.60. The third-order valence-electron chi connectivity index (χ3n) is 5.49. The number of hydrogen-bond acceptors (Lipinski definition) is 4. The number of aromatic nitrogens is 2. The molecule has 1 atom stereocenters. The molecule has 1 amide bonds. The first-order chi connectivity index (χ1) is 12.6. The second-order valence-corrected chi connectivity index (χ2v) is 8.67. The van der Waals surface area contributed by atoms with E-state index >= 15 is 0 Å². The average molecular weight is 374 g/mol. The normalized spacial score (nSPS) is 21.7. The van der Waals surface area contributed by atoms with Gasteiger partial charge >= 0.3 is 0 Å². The number of imidazole rings is 1. The van der Waals surface area contributed by atoms with Crippen molar-refractivity contribution in [2.45, 2.75) is 57.6 Å². The van der Waals surface area contributed by atoms with Gasteiger partial charge in [0.2, 0.25) is 0 Å². The van der Waals surface area contributed by atoms with Crippen molar-refractivity contribution in [3.8, 4) is 0 Å². The number of carbonyl (C=O) groups excluding carboxylic acids is 1. The highest BCUT2D eigenvalue weighted by molar-refractivity contribution is 7.14. The zero-order chi connectivity index (χ0) is 18.1. The van der Waals surface area contributed by atoms with Crippen molar-refractivity contribution in [2.24, 2.45) is 0 Å². The van der Waals surface area contributed by atoms with Gasteiger partial charge in [0.15, 0.2) is 0 Å². The molecule has 0 saturated carbocycles. The van der Waals surface area contributed by atoms with Crippen LogP contribution in [-0.2, 0) is 4.74 Å². The molecule has 0 N–H and O–H groups in total. The van der Waals surface area contributed by atoms with E-state index in [-0.39, 0.29) is 12.0 Å². The first-order valence-corrected chi connectivity index (χ1v) is 10.5. The Kier molecular flexibility index (Phi) is 5.14. The van der Waals surface area contributed by atoms with Gasteiger partial charge < -0.3 is 14.2 Å². The van der Waals surface area contributed by atoms with E-state index < -0.39 is 0 Å². The maximum Gasteiger partial charge on any atom is 0.263 e. The summed E-state index contributed by atoms with van der Waals surface area (Å²) in [6.07, 6.45) is 8.31. The van der Waals surface area contributed by atoms with Gasteiger partial charge in [0.1, 0.15) is 5.82 Å². The van der Waals surface area contributed by atoms with Crippen molar-refractivity contribution in [1.82, 2.24) is 14.5 Å². The summed E-state index contributed by atoms with van der Waals surface area (Å²) in [6.45, 7) is 6.83. The van der Waals surface area contributed by atoms with Crippen molar-refractivity contribution >= 4 is 17.2 Å². The highest BCUT2D eigenvalue weighted by Crippen LogP contribution is 2.34. The van der Waals surface area contributed by atoms with E-state index in [1.54, 1.807) is 11.3 Å². The Labute approximate surface area is 159 Å². The van der Waals surface area contributed by atoms with Crippen molar-refractivity contribution < 1.29 is 9.53 Å². The van der Waals surface area contributed by atoms with Crippen LogP contribution in [0.2, 0.25) is 0 Å². The van der Waals surface area contributed by atoms with Crippen LogP contribution in [0.5, 0.6) is 0 Å². The summed E-state index contributed by atoms with van der Waals surface area (Å²) in [5, 5.41) is 0. The minimum Gasteiger partial charge on any atom is -0.373 e. The summed E-state index contributed by atoms with van der Waals surface area (Å²) in [5.74, 6) is 1.79. The lowest BCUT2D eigenvalue weighted by atomic mass is 9.95. The molecule has 26 heavy (non-hydrogen) atoms. The van der Waals surface area contributed by atoms with Crippen LogP contribution in [0.3, 0.4) is 0 Å². The van der Waals surface area contributed by atoms with Crippen LogP contribution in [-0.4, -0.2) is 40.1 Å². The van der Waals surface area contributed by atoms with Crippen LogP contribution in [0.1, 0.15) is 78.0 Å². The number of carbonyl (C=O) groups is 1. The Balaban J connectivity index is 1.38. The largest absolute Gasteiger partial charge is 0.373 e. The Bertz CT molecular complexity index is 753. The van der Waals surface area contributed by atoms with E-state index in [0.717, 1.165) is 50.3 Å². The third kappa shape index (κ3) is 3.45. The molecule has 6 heteroatoms. The zero-order valence-corrected chi connectivity index (χ0v) is 16.4. The summed E-state index contributed by atoms with van der Waals surface area (Å²) in [5.41, 5.74) is 0. The molecule has 0 unspecified atom stereocenters. The molecule has 4 rings (SSSR count). The van der Waals surface area contributed by atoms with Gasteiger partial charge in [-0.1, -0.05) is 0 Å². The number of amides is 1. The molecule has 0 radical (unpaired) electrons. The van der Waals surface area contributed by atoms with Crippen molar-refractivity contribution in [3.63, 3.8) is 0 Å². The molecule has 0 spiro atoms. The van der Waals surface area contributed by atoms with Crippen LogP contribution in [0, 0.1) is 0 Å². The molecule has 4 heterocycles. The summed E-state index contributed by atoms with van der Waals surface area (Å²) in [6, 6.07) is 4.47. The second kappa shape index (κ2) is 7.53. The Morgan fingerprint density at radius 1 is 1.27 bits per heavy atom. The van der Waals surface area contributed by atoms with Crippen molar-refractivity contribution in [1.29, 1.82) is 0 Å². The van der Waals surface area contributed by atoms with Gasteiger partial charge in [-0.2, -0.15) is 0 Å². The first kappa shape index (κ1) is 17.7. The zero-order valence-electron chi connectivity index (χ0n) is 15.6. The Hall–Kier alpha value is -1.66. The van der Waals surface area contributed by atoms with E-state index in [2.05, 4.69) is 35.7 Å². The quantitative estimate of drug-likeness (QED) is 0.798. The van der Waals surface area contributed by atoms with Gasteiger partial charge in [-0.3, -0.25) is 4.79 Å². The van der Waals surface area contributed by atoms with Gasteiger partial charge in [0.25, 0.3) is 5.91 Å². The minimum atomic E-state index is 0.171. The lowest BCUT2D eigenvalue weighted by Gasteiger charge is -2.32. The number of nitrogens with zero attached hydrogens (tertiary/aromatic N) is 3. The van der Waals surface area contributed by atoms with E-state index in [1.807, 2.05) is 17.2 Å². The van der Waals surface area contributed by atoms with Crippen LogP contribution in [0.4, 0.5) is 0 Å². The Morgan fingerprint density at radius 2 is 2.08 bits per heavy atom. The maximum atomic E-state index is 12.9. The summed E-state index contributed by atoms with van der Waals surface area (Å²) in [7, 11) is 0. The number of hydrogen-bond donors (Lipinski definition) is 0. The maximum absolute atomic E-state index is 12.9. The second-order valence-electron chi connectivity index (χ2n) is 7.56. The topological polar surface area (TPSA) is 47.4 Å². The molecule has 2 fully saturated rings. The molecule has 2 aromatic rings. The number of rotatable bonds is 4. The lowest BCUT2D eigenvalue weighted by molar-refractivity contribution is 0.0715. The monoisotopic (exact) mass is 373 g/mol. The number of thiophene rings is 1. The van der Waals surface area contributed by atoms with E-state index in [4.69, 9.17) is 4.74 Å². The molecule has 0 aliphatic carbocycles. The molecule has 2 aromatic heterocycles. The van der Waals surface area contributed by atoms with E-state index in [0.29, 0.717) is 12.0 Å². The molecule has 2 aliphatic heterocycles. The number of ether oxygens (including phenoxy) is 1. The fourth-order valence-corrected chi connectivity index (χ4v) is 5.08. The van der Waals surface area contributed by atoms with Crippen molar-refractivity contribution in [2.75, 3.05) is 19.7 Å². The molecule has 0 bridgehead atoms. The van der Waals surface area contributed by atoms with Gasteiger partial charge in [-0.05, 0) is 51.7 Å². The van der Waals surface area contributed by atoms with Crippen LogP contribution in [0.25, 0.3) is 0 Å². The van der Waals surface area contributed by atoms with E-state index in [1.165, 1.54) is 10.7 Å². The first-order valence-electron chi connectivity index (χ1n) is 9.67. The summed E-state index contributed by atoms with van der Waals surface area (Å²) in [4.78, 5) is 21.5. The van der Waals surface area contributed by atoms with E-state index in [9.17, 15) is 4.79 Å². The third-order valence-corrected chi connectivity index (χ3v) is 6.65. The molecular formula is C20H27N3O2S. The Morgan fingerprint density at radius 3 is 2.77 bits per heavy atom. The smallest absolute Gasteiger partial charge is 0.263 e. The molecule has 2 saturated heterocycles. The van der Waals surface area contributed by atoms with Gasteiger partial charge in [-0.15, -0.1) is 11.3 Å². The molecule has 5 nitrogen and oxygen atoms in total. The molecule has 2 aliphatic rings. The van der Waals surface area contributed by atoms with Crippen LogP contribution >= 0.6 is 11.3 Å². The standard InChI is InChI=1S/C20H27N3O2S/c1-14(2)23-12-9-21-19(23)15-7-10-22(11-8-15)20(24)18-6-5-17(26-18)16-4-3-13-25-16/h5-6,9,12,14-16H,3-4,7-8,10-11,13H2,1-2H3/t16-/m1/s1. The highest BCUT2D eigenvalue weighted by atomic mass is 32.1. The minimum absolute atomic E-state index is 0.171.